The number of ether oxygens (including phenoxy) is 1. The summed E-state index contributed by atoms with van der Waals surface area (Å²) in [6, 6.07) is 11.8. The van der Waals surface area contributed by atoms with Crippen LogP contribution in [0.5, 0.6) is 0 Å². The first kappa shape index (κ1) is 32.6. The fourth-order valence-electron chi connectivity index (χ4n) is 4.20. The van der Waals surface area contributed by atoms with E-state index in [0.717, 1.165) is 45.9 Å². The van der Waals surface area contributed by atoms with E-state index in [0.29, 0.717) is 6.54 Å². The Morgan fingerprint density at radius 3 is 2.21 bits per heavy atom. The monoisotopic (exact) mass is 571 g/mol. The molecule has 208 valence electrons. The molecule has 12 nitrogen and oxygen atoms in total. The minimum Gasteiger partial charge on any atom is -0.478 e. The van der Waals surface area contributed by atoms with Gasteiger partial charge in [-0.1, -0.05) is 30.3 Å². The second kappa shape index (κ2) is 15.1. The molecule has 0 bridgehead atoms. The molecule has 0 aromatic heterocycles. The van der Waals surface area contributed by atoms with Crippen LogP contribution in [0.2, 0.25) is 0 Å². The Labute approximate surface area is 232 Å². The van der Waals surface area contributed by atoms with Crippen LogP contribution < -0.4 is 10.6 Å². The van der Waals surface area contributed by atoms with Gasteiger partial charge in [-0.3, -0.25) is 24.7 Å². The van der Waals surface area contributed by atoms with Crippen molar-refractivity contribution in [2.45, 2.75) is 12.6 Å². The van der Waals surface area contributed by atoms with Gasteiger partial charge in [-0.2, -0.15) is 0 Å². The molecule has 0 aliphatic carbocycles. The number of anilines is 1. The van der Waals surface area contributed by atoms with Gasteiger partial charge in [0, 0.05) is 51.9 Å². The fourth-order valence-corrected chi connectivity index (χ4v) is 4.20. The first-order chi connectivity index (χ1) is 17.2. The standard InChI is InChI=1S/C24H29N5O7.2ClH/c1-36-24(33)21(22(25)30)28(19-8-7-18(23(31)32)15-20(19)29(34)35)14-13-26-9-11-27(12-10-26)16-17-5-3-2-4-6-17;;/h2-8,15,21H,9-14,16H2,1H3,(H2,25,30)(H,31,32);2*1H. The summed E-state index contributed by atoms with van der Waals surface area (Å²) >= 11 is 0. The maximum Gasteiger partial charge on any atom is 0.338 e. The molecular formula is C24H31Cl2N5O7. The topological polar surface area (TPSA) is 160 Å². The van der Waals surface area contributed by atoms with Gasteiger partial charge in [-0.25, -0.2) is 9.59 Å². The lowest BCUT2D eigenvalue weighted by molar-refractivity contribution is -0.384. The molecule has 1 aliphatic heterocycles. The molecule has 14 heteroatoms. The van der Waals surface area contributed by atoms with E-state index in [1.165, 1.54) is 22.6 Å². The van der Waals surface area contributed by atoms with Crippen LogP contribution in [0.25, 0.3) is 0 Å². The molecule has 1 fully saturated rings. The summed E-state index contributed by atoms with van der Waals surface area (Å²) in [7, 11) is 1.09. The maximum absolute atomic E-state index is 12.4. The molecule has 1 unspecified atom stereocenters. The number of esters is 1. The maximum atomic E-state index is 12.4. The van der Waals surface area contributed by atoms with Crippen LogP contribution in [-0.2, 0) is 20.9 Å². The van der Waals surface area contributed by atoms with Crippen molar-refractivity contribution >= 4 is 54.0 Å². The first-order valence-corrected chi connectivity index (χ1v) is 11.4. The summed E-state index contributed by atoms with van der Waals surface area (Å²) < 4.78 is 4.74. The quantitative estimate of drug-likeness (QED) is 0.176. The number of amides is 1. The van der Waals surface area contributed by atoms with Gasteiger partial charge >= 0.3 is 11.9 Å². The number of carboxylic acids is 1. The minimum atomic E-state index is -1.62. The third-order valence-electron chi connectivity index (χ3n) is 6.11. The Hall–Kier alpha value is -3.45. The van der Waals surface area contributed by atoms with Gasteiger partial charge < -0.3 is 20.5 Å². The summed E-state index contributed by atoms with van der Waals surface area (Å²) in [6.45, 7) is 4.32. The highest BCUT2D eigenvalue weighted by Gasteiger charge is 2.36. The molecule has 38 heavy (non-hydrogen) atoms. The van der Waals surface area contributed by atoms with Crippen molar-refractivity contribution in [3.05, 3.63) is 69.8 Å². The van der Waals surface area contributed by atoms with E-state index in [1.807, 2.05) is 18.2 Å². The Bertz CT molecular complexity index is 1110. The lowest BCUT2D eigenvalue weighted by Crippen LogP contribution is -2.54. The van der Waals surface area contributed by atoms with E-state index in [4.69, 9.17) is 10.5 Å². The summed E-state index contributed by atoms with van der Waals surface area (Å²) in [6.07, 6.45) is 0. The normalized spacial score (nSPS) is 14.3. The molecule has 3 rings (SSSR count). The highest BCUT2D eigenvalue weighted by atomic mass is 35.5. The zero-order valence-electron chi connectivity index (χ0n) is 20.7. The lowest BCUT2D eigenvalue weighted by atomic mass is 10.1. The Morgan fingerprint density at radius 2 is 1.68 bits per heavy atom. The number of nitrogens with zero attached hydrogens (tertiary/aromatic N) is 4. The number of carboxylic acid groups (broad SMARTS) is 1. The van der Waals surface area contributed by atoms with Crippen LogP contribution in [0.3, 0.4) is 0 Å². The largest absolute Gasteiger partial charge is 0.478 e. The predicted molar refractivity (Wildman–Crippen MR) is 145 cm³/mol. The van der Waals surface area contributed by atoms with Crippen molar-refractivity contribution < 1.29 is 29.2 Å². The van der Waals surface area contributed by atoms with E-state index < -0.39 is 34.5 Å². The summed E-state index contributed by atoms with van der Waals surface area (Å²) in [5.74, 6) is -3.35. The molecule has 0 radical (unpaired) electrons. The highest BCUT2D eigenvalue weighted by Crippen LogP contribution is 2.31. The molecule has 1 amide bonds. The average Bonchev–Trinajstić information content (AvgIpc) is 2.87. The zero-order valence-corrected chi connectivity index (χ0v) is 22.4. The Kier molecular flexibility index (Phi) is 12.9. The number of piperazine rings is 1. The molecule has 3 N–H and O–H groups in total. The first-order valence-electron chi connectivity index (χ1n) is 11.4. The smallest absolute Gasteiger partial charge is 0.338 e. The van der Waals surface area contributed by atoms with E-state index in [1.54, 1.807) is 0 Å². The third-order valence-corrected chi connectivity index (χ3v) is 6.11. The number of benzene rings is 2. The third kappa shape index (κ3) is 8.28. The van der Waals surface area contributed by atoms with E-state index >= 15 is 0 Å². The number of halogens is 2. The second-order valence-electron chi connectivity index (χ2n) is 8.39. The van der Waals surface area contributed by atoms with Crippen LogP contribution in [0.15, 0.2) is 48.5 Å². The second-order valence-corrected chi connectivity index (χ2v) is 8.39. The van der Waals surface area contributed by atoms with Gasteiger partial charge in [0.05, 0.1) is 17.6 Å². The van der Waals surface area contributed by atoms with Crippen molar-refractivity contribution in [1.29, 1.82) is 0 Å². The molecular weight excluding hydrogens is 541 g/mol. The number of carbonyl (C=O) groups is 3. The number of aromatic carboxylic acids is 1. The van der Waals surface area contributed by atoms with Crippen molar-refractivity contribution in [3.8, 4) is 0 Å². The summed E-state index contributed by atoms with van der Waals surface area (Å²) in [5.41, 5.74) is 5.76. The number of hydrogen-bond donors (Lipinski definition) is 2. The number of nitro groups is 1. The lowest BCUT2D eigenvalue weighted by Gasteiger charge is -2.37. The molecule has 1 heterocycles. The number of primary amides is 1. The molecule has 1 saturated heterocycles. The van der Waals surface area contributed by atoms with E-state index in [-0.39, 0.29) is 42.6 Å². The predicted octanol–water partition coefficient (Wildman–Crippen LogP) is 1.79. The molecule has 0 spiro atoms. The van der Waals surface area contributed by atoms with Gasteiger partial charge in [0.25, 0.3) is 11.6 Å². The Balaban J connectivity index is 0.00000361. The van der Waals surface area contributed by atoms with Gasteiger partial charge in [0.1, 0.15) is 5.69 Å². The number of hydrogen-bond acceptors (Lipinski definition) is 9. The number of rotatable bonds is 11. The van der Waals surface area contributed by atoms with Crippen LogP contribution in [0.4, 0.5) is 11.4 Å². The van der Waals surface area contributed by atoms with Gasteiger partial charge in [0.2, 0.25) is 6.04 Å². The average molecular weight is 572 g/mol. The van der Waals surface area contributed by atoms with Crippen LogP contribution >= 0.6 is 24.8 Å². The van der Waals surface area contributed by atoms with Gasteiger partial charge in [-0.15, -0.1) is 24.8 Å². The van der Waals surface area contributed by atoms with Crippen molar-refractivity contribution in [1.82, 2.24) is 9.80 Å². The number of carbonyl (C=O) groups excluding carboxylic acids is 2. The van der Waals surface area contributed by atoms with Crippen molar-refractivity contribution in [2.24, 2.45) is 5.73 Å². The van der Waals surface area contributed by atoms with Crippen LogP contribution in [0, 0.1) is 10.1 Å². The van der Waals surface area contributed by atoms with Gasteiger partial charge in [-0.05, 0) is 17.7 Å². The SMILES string of the molecule is COC(=O)C(C(N)=O)N(CCN1CCN(Cc2ccccc2)CC1)c1ccc(C(=O)O)cc1[N+](=O)[O-].Cl.Cl. The number of methoxy groups -OCH3 is 1. The molecule has 1 atom stereocenters. The van der Waals surface area contributed by atoms with Crippen LogP contribution in [-0.4, -0.2) is 90.1 Å². The summed E-state index contributed by atoms with van der Waals surface area (Å²) in [5, 5.41) is 21.0. The Morgan fingerprint density at radius 1 is 1.08 bits per heavy atom. The molecule has 1 aliphatic rings. The van der Waals surface area contributed by atoms with Gasteiger partial charge in [0.15, 0.2) is 0 Å². The molecule has 0 saturated carbocycles. The molecule has 2 aromatic carbocycles. The fraction of sp³-hybridized carbons (Fsp3) is 0.375. The minimum absolute atomic E-state index is 0. The van der Waals surface area contributed by atoms with Crippen molar-refractivity contribution in [3.63, 3.8) is 0 Å². The molecule has 2 aromatic rings. The van der Waals surface area contributed by atoms with Crippen LogP contribution in [0.1, 0.15) is 15.9 Å². The highest BCUT2D eigenvalue weighted by molar-refractivity contribution is 6.05. The number of nitrogens with two attached hydrogens (primary N) is 1. The summed E-state index contributed by atoms with van der Waals surface area (Å²) in [4.78, 5) is 52.7. The van der Waals surface area contributed by atoms with E-state index in [9.17, 15) is 29.6 Å². The van der Waals surface area contributed by atoms with Crippen molar-refractivity contribution in [2.75, 3.05) is 51.3 Å². The zero-order chi connectivity index (χ0) is 26.2. The van der Waals surface area contributed by atoms with E-state index in [2.05, 4.69) is 21.9 Å². The number of nitro benzene ring substituents is 1.